The van der Waals surface area contributed by atoms with Gasteiger partial charge < -0.3 is 14.2 Å². The molecule has 23 heavy (non-hydrogen) atoms. The molecule has 4 heteroatoms. The van der Waals surface area contributed by atoms with Gasteiger partial charge in [0.1, 0.15) is 5.60 Å². The summed E-state index contributed by atoms with van der Waals surface area (Å²) in [6, 6.07) is 0. The molecule has 0 spiro atoms. The van der Waals surface area contributed by atoms with E-state index in [4.69, 9.17) is 14.2 Å². The zero-order valence-corrected chi connectivity index (χ0v) is 14.4. The summed E-state index contributed by atoms with van der Waals surface area (Å²) in [6.07, 6.45) is 7.43. The Morgan fingerprint density at radius 2 is 1.83 bits per heavy atom. The first-order chi connectivity index (χ1) is 10.8. The van der Waals surface area contributed by atoms with Gasteiger partial charge in [0.2, 0.25) is 0 Å². The number of hydrogen-bond donors (Lipinski definition) is 0. The molecule has 0 aromatic heterocycles. The third-order valence-electron chi connectivity index (χ3n) is 6.38. The van der Waals surface area contributed by atoms with Crippen molar-refractivity contribution in [2.24, 2.45) is 11.8 Å². The van der Waals surface area contributed by atoms with E-state index in [2.05, 4.69) is 13.5 Å². The van der Waals surface area contributed by atoms with E-state index in [0.717, 1.165) is 45.1 Å². The monoisotopic (exact) mass is 320 g/mol. The first kappa shape index (κ1) is 15.6. The Hall–Kier alpha value is -0.870. The maximum atomic E-state index is 12.1. The van der Waals surface area contributed by atoms with Gasteiger partial charge in [-0.25, -0.2) is 4.79 Å². The van der Waals surface area contributed by atoms with Crippen LogP contribution in [0, 0.1) is 11.8 Å². The fourth-order valence-electron chi connectivity index (χ4n) is 5.54. The van der Waals surface area contributed by atoms with Crippen LogP contribution in [0.15, 0.2) is 12.2 Å². The summed E-state index contributed by atoms with van der Waals surface area (Å²) in [5, 5.41) is 0. The molecule has 128 valence electrons. The van der Waals surface area contributed by atoms with Crippen molar-refractivity contribution in [3.8, 4) is 0 Å². The average Bonchev–Trinajstić information content (AvgIpc) is 2.41. The van der Waals surface area contributed by atoms with Crippen molar-refractivity contribution < 1.29 is 19.0 Å². The van der Waals surface area contributed by atoms with Crippen molar-refractivity contribution in [1.29, 1.82) is 0 Å². The normalized spacial score (nSPS) is 47.2. The molecule has 3 unspecified atom stereocenters. The van der Waals surface area contributed by atoms with Crippen LogP contribution >= 0.6 is 0 Å². The molecule has 5 fully saturated rings. The quantitative estimate of drug-likeness (QED) is 0.575. The summed E-state index contributed by atoms with van der Waals surface area (Å²) in [7, 11) is 0. The maximum absolute atomic E-state index is 12.1. The van der Waals surface area contributed by atoms with E-state index in [1.54, 1.807) is 6.92 Å². The molecule has 5 rings (SSSR count). The number of ether oxygens (including phenoxy) is 3. The van der Waals surface area contributed by atoms with Gasteiger partial charge in [0.05, 0.1) is 24.4 Å². The minimum Gasteiger partial charge on any atom is -0.456 e. The average molecular weight is 320 g/mol. The SMILES string of the molecule is C=C(C)C(=O)OC12CC3CC(CC(OCC4(C)CCO4)(C3)C1)C2. The minimum atomic E-state index is -0.318. The molecular formula is C19H28O4. The lowest BCUT2D eigenvalue weighted by Gasteiger charge is -2.61. The highest BCUT2D eigenvalue weighted by atomic mass is 16.6. The van der Waals surface area contributed by atoms with Crippen LogP contribution in [-0.4, -0.2) is 36.0 Å². The summed E-state index contributed by atoms with van der Waals surface area (Å²) < 4.78 is 18.1. The number of esters is 1. The second-order valence-electron chi connectivity index (χ2n) is 8.83. The van der Waals surface area contributed by atoms with Crippen LogP contribution in [0.2, 0.25) is 0 Å². The van der Waals surface area contributed by atoms with Crippen LogP contribution in [0.25, 0.3) is 0 Å². The van der Waals surface area contributed by atoms with E-state index in [1.807, 2.05) is 0 Å². The summed E-state index contributed by atoms with van der Waals surface area (Å²) in [5.74, 6) is 1.02. The molecule has 0 amide bonds. The number of hydrogen-bond acceptors (Lipinski definition) is 4. The van der Waals surface area contributed by atoms with Gasteiger partial charge >= 0.3 is 5.97 Å². The molecule has 0 aromatic carbocycles. The second kappa shape index (κ2) is 5.06. The van der Waals surface area contributed by atoms with Crippen molar-refractivity contribution in [1.82, 2.24) is 0 Å². The summed E-state index contributed by atoms with van der Waals surface area (Å²) in [6.45, 7) is 9.10. The lowest BCUT2D eigenvalue weighted by atomic mass is 9.52. The Morgan fingerprint density at radius 1 is 1.22 bits per heavy atom. The molecule has 4 saturated carbocycles. The predicted octanol–water partition coefficient (Wildman–Crippen LogP) is 3.39. The Bertz CT molecular complexity index is 519. The highest BCUT2D eigenvalue weighted by Crippen LogP contribution is 2.60. The van der Waals surface area contributed by atoms with E-state index in [1.165, 1.54) is 6.42 Å². The van der Waals surface area contributed by atoms with Gasteiger partial charge in [-0.2, -0.15) is 0 Å². The zero-order chi connectivity index (χ0) is 16.3. The van der Waals surface area contributed by atoms with Gasteiger partial charge in [0, 0.05) is 18.4 Å². The van der Waals surface area contributed by atoms with Crippen LogP contribution in [0.3, 0.4) is 0 Å². The van der Waals surface area contributed by atoms with Crippen molar-refractivity contribution >= 4 is 5.97 Å². The summed E-state index contributed by atoms with van der Waals surface area (Å²) in [4.78, 5) is 12.1. The van der Waals surface area contributed by atoms with Gasteiger partial charge in [-0.3, -0.25) is 0 Å². The lowest BCUT2D eigenvalue weighted by molar-refractivity contribution is -0.258. The van der Waals surface area contributed by atoms with Crippen LogP contribution in [0.1, 0.15) is 58.8 Å². The molecular weight excluding hydrogens is 292 g/mol. The molecule has 0 radical (unpaired) electrons. The molecule has 4 bridgehead atoms. The largest absolute Gasteiger partial charge is 0.456 e. The highest BCUT2D eigenvalue weighted by Gasteiger charge is 2.60. The molecule has 4 aliphatic carbocycles. The second-order valence-corrected chi connectivity index (χ2v) is 8.83. The van der Waals surface area contributed by atoms with E-state index in [-0.39, 0.29) is 22.8 Å². The Labute approximate surface area is 138 Å². The van der Waals surface area contributed by atoms with E-state index in [9.17, 15) is 4.79 Å². The van der Waals surface area contributed by atoms with E-state index < -0.39 is 0 Å². The molecule has 0 aromatic rings. The number of carbonyl (C=O) groups is 1. The topological polar surface area (TPSA) is 44.8 Å². The third-order valence-corrected chi connectivity index (χ3v) is 6.38. The van der Waals surface area contributed by atoms with Crippen LogP contribution in [0.5, 0.6) is 0 Å². The van der Waals surface area contributed by atoms with Crippen molar-refractivity contribution in [3.63, 3.8) is 0 Å². The van der Waals surface area contributed by atoms with Gasteiger partial charge in [-0.05, 0) is 57.8 Å². The van der Waals surface area contributed by atoms with Crippen LogP contribution < -0.4 is 0 Å². The Balaban J connectivity index is 1.50. The maximum Gasteiger partial charge on any atom is 0.333 e. The first-order valence-corrected chi connectivity index (χ1v) is 8.98. The molecule has 5 aliphatic rings. The number of carbonyl (C=O) groups excluding carboxylic acids is 1. The van der Waals surface area contributed by atoms with E-state index >= 15 is 0 Å². The predicted molar refractivity (Wildman–Crippen MR) is 86.0 cm³/mol. The summed E-state index contributed by atoms with van der Waals surface area (Å²) in [5.41, 5.74) is -0.0422. The van der Waals surface area contributed by atoms with Crippen LogP contribution in [0.4, 0.5) is 0 Å². The minimum absolute atomic E-state index is 0.106. The first-order valence-electron chi connectivity index (χ1n) is 8.98. The van der Waals surface area contributed by atoms with Crippen molar-refractivity contribution in [2.45, 2.75) is 75.6 Å². The number of rotatable bonds is 5. The molecule has 4 nitrogen and oxygen atoms in total. The molecule has 1 saturated heterocycles. The molecule has 1 aliphatic heterocycles. The van der Waals surface area contributed by atoms with Crippen LogP contribution in [-0.2, 0) is 19.0 Å². The third kappa shape index (κ3) is 2.74. The molecule has 3 atom stereocenters. The van der Waals surface area contributed by atoms with Crippen molar-refractivity contribution in [3.05, 3.63) is 12.2 Å². The van der Waals surface area contributed by atoms with Gasteiger partial charge in [0.15, 0.2) is 0 Å². The zero-order valence-electron chi connectivity index (χ0n) is 14.4. The van der Waals surface area contributed by atoms with Crippen molar-refractivity contribution in [2.75, 3.05) is 13.2 Å². The fourth-order valence-corrected chi connectivity index (χ4v) is 5.54. The highest BCUT2D eigenvalue weighted by molar-refractivity contribution is 5.87. The van der Waals surface area contributed by atoms with Gasteiger partial charge in [-0.1, -0.05) is 6.58 Å². The lowest BCUT2D eigenvalue weighted by Crippen LogP contribution is -2.62. The molecule has 1 heterocycles. The fraction of sp³-hybridized carbons (Fsp3) is 0.842. The molecule has 0 N–H and O–H groups in total. The summed E-state index contributed by atoms with van der Waals surface area (Å²) >= 11 is 0. The Kier molecular flexibility index (Phi) is 3.44. The van der Waals surface area contributed by atoms with Gasteiger partial charge in [0.25, 0.3) is 0 Å². The van der Waals surface area contributed by atoms with Gasteiger partial charge in [-0.15, -0.1) is 0 Å². The standard InChI is InChI=1S/C19H28O4/c1-13(2)16(20)23-19-9-14-6-15(10-19)8-18(7-14,11-19)22-12-17(3)4-5-21-17/h14-15H,1,4-12H2,2-3H3. The smallest absolute Gasteiger partial charge is 0.333 e. The van der Waals surface area contributed by atoms with E-state index in [0.29, 0.717) is 24.0 Å². The Morgan fingerprint density at radius 3 is 2.35 bits per heavy atom.